The molecule has 4 nitrogen and oxygen atoms in total. The molecule has 1 heterocycles. The Kier molecular flexibility index (Phi) is 4.75. The van der Waals surface area contributed by atoms with E-state index in [0.717, 1.165) is 18.2 Å². The smallest absolute Gasteiger partial charge is 0.392 e. The number of alkyl halides is 3. The van der Waals surface area contributed by atoms with Crippen LogP contribution in [0.15, 0.2) is 0 Å². The van der Waals surface area contributed by atoms with Gasteiger partial charge in [-0.1, -0.05) is 6.42 Å². The van der Waals surface area contributed by atoms with Crippen LogP contribution in [0.5, 0.6) is 0 Å². The zero-order valence-electron chi connectivity index (χ0n) is 11.5. The Labute approximate surface area is 125 Å². The van der Waals surface area contributed by atoms with Gasteiger partial charge in [-0.3, -0.25) is 9.59 Å². The van der Waals surface area contributed by atoms with Gasteiger partial charge in [-0.2, -0.15) is 13.2 Å². The third kappa shape index (κ3) is 3.64. The van der Waals surface area contributed by atoms with Crippen molar-refractivity contribution in [3.05, 3.63) is 0 Å². The molecule has 2 fully saturated rings. The molecule has 0 aromatic heterocycles. The summed E-state index contributed by atoms with van der Waals surface area (Å²) < 4.78 is 39.3. The van der Waals surface area contributed by atoms with Crippen molar-refractivity contribution in [1.29, 1.82) is 0 Å². The summed E-state index contributed by atoms with van der Waals surface area (Å²) in [6, 6.07) is 0. The van der Waals surface area contributed by atoms with E-state index in [1.54, 1.807) is 0 Å². The second-order valence-corrected chi connectivity index (χ2v) is 6.79. The first-order valence-electron chi connectivity index (χ1n) is 6.89. The van der Waals surface area contributed by atoms with Gasteiger partial charge in [0, 0.05) is 13.1 Å². The molecule has 0 aromatic carbocycles. The first kappa shape index (κ1) is 16.5. The number of carbonyl (C=O) groups is 2. The predicted molar refractivity (Wildman–Crippen MR) is 72.0 cm³/mol. The minimum atomic E-state index is -4.20. The largest absolute Gasteiger partial charge is 0.481 e. The lowest BCUT2D eigenvalue weighted by atomic mass is 9.58. The molecular formula is C13H18F3NO3S. The van der Waals surface area contributed by atoms with E-state index >= 15 is 0 Å². The molecule has 2 rings (SSSR count). The molecule has 1 saturated heterocycles. The first-order chi connectivity index (χ1) is 9.74. The van der Waals surface area contributed by atoms with Crippen molar-refractivity contribution >= 4 is 23.6 Å². The summed E-state index contributed by atoms with van der Waals surface area (Å²) in [5.74, 6) is -2.73. The Morgan fingerprint density at radius 3 is 2.43 bits per heavy atom. The van der Waals surface area contributed by atoms with Crippen molar-refractivity contribution < 1.29 is 27.9 Å². The average molecular weight is 325 g/mol. The Morgan fingerprint density at radius 1 is 1.29 bits per heavy atom. The second kappa shape index (κ2) is 6.06. The van der Waals surface area contributed by atoms with Gasteiger partial charge in [0.2, 0.25) is 5.91 Å². The molecule has 1 atom stereocenters. The number of thioether (sulfide) groups is 1. The van der Waals surface area contributed by atoms with Crippen LogP contribution in [0.4, 0.5) is 13.2 Å². The van der Waals surface area contributed by atoms with Gasteiger partial charge >= 0.3 is 12.1 Å². The SMILES string of the molecule is O=C(O)CSCC(=O)N1CCC(C(F)(F)F)C2(CCC2)C1. The monoisotopic (exact) mass is 325 g/mol. The maximum atomic E-state index is 13.1. The standard InChI is InChI=1S/C13H18F3NO3S/c14-13(15,16)9-2-5-17(8-12(9)3-1-4-12)10(18)6-21-7-11(19)20/h9H,1-8H2,(H,19,20). The fraction of sp³-hybridized carbons (Fsp3) is 0.846. The Morgan fingerprint density at radius 2 is 1.95 bits per heavy atom. The van der Waals surface area contributed by atoms with E-state index in [4.69, 9.17) is 5.11 Å². The van der Waals surface area contributed by atoms with Crippen LogP contribution in [-0.2, 0) is 9.59 Å². The predicted octanol–water partition coefficient (Wildman–Crippen LogP) is 2.39. The van der Waals surface area contributed by atoms with Crippen LogP contribution in [0, 0.1) is 11.3 Å². The number of likely N-dealkylation sites (tertiary alicyclic amines) is 1. The maximum Gasteiger partial charge on any atom is 0.392 e. The van der Waals surface area contributed by atoms with Crippen molar-refractivity contribution in [3.63, 3.8) is 0 Å². The lowest BCUT2D eigenvalue weighted by molar-refractivity contribution is -0.237. The fourth-order valence-corrected chi connectivity index (χ4v) is 3.97. The molecule has 1 aliphatic heterocycles. The third-order valence-corrected chi connectivity index (χ3v) is 5.38. The van der Waals surface area contributed by atoms with E-state index < -0.39 is 23.5 Å². The molecule has 0 radical (unpaired) electrons. The van der Waals surface area contributed by atoms with Crippen molar-refractivity contribution in [2.24, 2.45) is 11.3 Å². The van der Waals surface area contributed by atoms with E-state index in [0.29, 0.717) is 12.8 Å². The molecular weight excluding hydrogens is 307 g/mol. The molecule has 0 bridgehead atoms. The molecule has 21 heavy (non-hydrogen) atoms. The van der Waals surface area contributed by atoms with Crippen LogP contribution < -0.4 is 0 Å². The number of amides is 1. The number of piperidine rings is 1. The van der Waals surface area contributed by atoms with Crippen molar-refractivity contribution in [1.82, 2.24) is 4.90 Å². The number of carboxylic acids is 1. The fourth-order valence-electron chi connectivity index (χ4n) is 3.34. The molecule has 120 valence electrons. The molecule has 1 saturated carbocycles. The zero-order chi connectivity index (χ0) is 15.7. The van der Waals surface area contributed by atoms with Gasteiger partial charge in [0.15, 0.2) is 0 Å². The number of hydrogen-bond acceptors (Lipinski definition) is 3. The summed E-state index contributed by atoms with van der Waals surface area (Å²) in [7, 11) is 0. The van der Waals surface area contributed by atoms with Gasteiger partial charge in [-0.05, 0) is 24.7 Å². The van der Waals surface area contributed by atoms with Crippen molar-refractivity contribution in [2.45, 2.75) is 31.9 Å². The van der Waals surface area contributed by atoms with Crippen LogP contribution in [0.25, 0.3) is 0 Å². The van der Waals surface area contributed by atoms with Crippen molar-refractivity contribution in [3.8, 4) is 0 Å². The number of hydrogen-bond donors (Lipinski definition) is 1. The summed E-state index contributed by atoms with van der Waals surface area (Å²) in [5.41, 5.74) is -0.802. The molecule has 0 aromatic rings. The van der Waals surface area contributed by atoms with Gasteiger partial charge in [0.1, 0.15) is 0 Å². The van der Waals surface area contributed by atoms with Gasteiger partial charge in [-0.25, -0.2) is 0 Å². The van der Waals surface area contributed by atoms with Gasteiger partial charge in [0.25, 0.3) is 0 Å². The number of carboxylic acid groups (broad SMARTS) is 1. The summed E-state index contributed by atoms with van der Waals surface area (Å²) in [6.45, 7) is 0.266. The molecule has 8 heteroatoms. The zero-order valence-corrected chi connectivity index (χ0v) is 12.3. The molecule has 1 spiro atoms. The topological polar surface area (TPSA) is 57.6 Å². The summed E-state index contributed by atoms with van der Waals surface area (Å²) >= 11 is 0.982. The lowest BCUT2D eigenvalue weighted by Crippen LogP contribution is -2.58. The van der Waals surface area contributed by atoms with Crippen LogP contribution >= 0.6 is 11.8 Å². The number of halogens is 3. The van der Waals surface area contributed by atoms with E-state index in [1.165, 1.54) is 4.90 Å². The highest BCUT2D eigenvalue weighted by Crippen LogP contribution is 2.56. The van der Waals surface area contributed by atoms with Crippen LogP contribution in [-0.4, -0.2) is 52.7 Å². The van der Waals surface area contributed by atoms with E-state index in [2.05, 4.69) is 0 Å². The van der Waals surface area contributed by atoms with Gasteiger partial charge < -0.3 is 10.0 Å². The summed E-state index contributed by atoms with van der Waals surface area (Å²) in [4.78, 5) is 23.9. The first-order valence-corrected chi connectivity index (χ1v) is 8.04. The van der Waals surface area contributed by atoms with E-state index in [9.17, 15) is 22.8 Å². The quantitative estimate of drug-likeness (QED) is 0.862. The number of aliphatic carboxylic acids is 1. The highest BCUT2D eigenvalue weighted by atomic mass is 32.2. The normalized spacial score (nSPS) is 24.7. The Hall–Kier alpha value is -0.920. The highest BCUT2D eigenvalue weighted by molar-refractivity contribution is 8.00. The molecule has 2 aliphatic rings. The Balaban J connectivity index is 1.94. The third-order valence-electron chi connectivity index (χ3n) is 4.48. The van der Waals surface area contributed by atoms with Gasteiger partial charge in [0.05, 0.1) is 17.4 Å². The van der Waals surface area contributed by atoms with Crippen LogP contribution in [0.1, 0.15) is 25.7 Å². The molecule has 1 N–H and O–H groups in total. The van der Waals surface area contributed by atoms with Crippen LogP contribution in [0.3, 0.4) is 0 Å². The average Bonchev–Trinajstić information content (AvgIpc) is 2.34. The second-order valence-electron chi connectivity index (χ2n) is 5.80. The number of carbonyl (C=O) groups excluding carboxylic acids is 1. The minimum Gasteiger partial charge on any atom is -0.481 e. The van der Waals surface area contributed by atoms with E-state index in [1.807, 2.05) is 0 Å². The van der Waals surface area contributed by atoms with E-state index in [-0.39, 0.29) is 36.9 Å². The summed E-state index contributed by atoms with van der Waals surface area (Å²) in [5, 5.41) is 8.52. The van der Waals surface area contributed by atoms with Crippen LogP contribution in [0.2, 0.25) is 0 Å². The number of nitrogens with zero attached hydrogens (tertiary/aromatic N) is 1. The Bertz CT molecular complexity index is 423. The van der Waals surface area contributed by atoms with Crippen molar-refractivity contribution in [2.75, 3.05) is 24.6 Å². The summed E-state index contributed by atoms with van der Waals surface area (Å²) in [6.07, 6.45) is -2.43. The minimum absolute atomic E-state index is 0.0130. The highest BCUT2D eigenvalue weighted by Gasteiger charge is 2.58. The maximum absolute atomic E-state index is 13.1. The number of rotatable bonds is 4. The molecule has 1 amide bonds. The van der Waals surface area contributed by atoms with Gasteiger partial charge in [-0.15, -0.1) is 11.8 Å². The molecule has 1 unspecified atom stereocenters. The lowest BCUT2D eigenvalue weighted by Gasteiger charge is -2.54. The molecule has 1 aliphatic carbocycles.